The van der Waals surface area contributed by atoms with Crippen LogP contribution in [0.25, 0.3) is 86.9 Å². The van der Waals surface area contributed by atoms with Gasteiger partial charge in [-0.15, -0.1) is 0 Å². The Hall–Kier alpha value is -5.20. The Morgan fingerprint density at radius 2 is 0.950 bits per heavy atom. The average Bonchev–Trinajstić information content (AvgIpc) is 3.16. The zero-order valence-corrected chi connectivity index (χ0v) is 20.8. The molecule has 0 nitrogen and oxygen atoms in total. The van der Waals surface area contributed by atoms with E-state index in [1.165, 1.54) is 0 Å². The summed E-state index contributed by atoms with van der Waals surface area (Å²) in [4.78, 5) is 0. The molecule has 0 unspecified atom stereocenters. The molecule has 0 bridgehead atoms. The van der Waals surface area contributed by atoms with Crippen LogP contribution in [0.2, 0.25) is 0 Å². The van der Waals surface area contributed by atoms with Crippen molar-refractivity contribution in [2.24, 2.45) is 0 Å². The molecule has 0 heterocycles. The van der Waals surface area contributed by atoms with Gasteiger partial charge in [0, 0.05) is 0 Å². The van der Waals surface area contributed by atoms with Crippen molar-refractivity contribution in [1.82, 2.24) is 0 Å². The topological polar surface area (TPSA) is 0 Å². The molecule has 0 atom stereocenters. The summed E-state index contributed by atoms with van der Waals surface area (Å²) in [6.45, 7) is 0. The predicted molar refractivity (Wildman–Crippen MR) is 174 cm³/mol. The monoisotopic (exact) mass is 518 g/mol. The fourth-order valence-electron chi connectivity index (χ4n) is 6.04. The molecule has 0 heteroatoms. The first-order valence-electron chi connectivity index (χ1n) is 19.8. The smallest absolute Gasteiger partial charge is 0.0622 e. The molecule has 0 spiro atoms. The van der Waals surface area contributed by atoms with Gasteiger partial charge in [0.25, 0.3) is 0 Å². The number of hydrogen-bond donors (Lipinski definition) is 0. The van der Waals surface area contributed by atoms with Crippen LogP contribution in [-0.2, 0) is 0 Å². The lowest BCUT2D eigenvalue weighted by molar-refractivity contribution is 1.67. The summed E-state index contributed by atoms with van der Waals surface area (Å²) >= 11 is 0. The molecule has 9 aromatic carbocycles. The Balaban J connectivity index is 1.60. The van der Waals surface area contributed by atoms with Crippen LogP contribution < -0.4 is 0 Å². The van der Waals surface area contributed by atoms with Crippen LogP contribution >= 0.6 is 0 Å². The Bertz CT molecular complexity index is 3090. The van der Waals surface area contributed by atoms with Crippen molar-refractivity contribution in [3.8, 4) is 22.3 Å². The fourth-order valence-corrected chi connectivity index (χ4v) is 6.04. The van der Waals surface area contributed by atoms with Gasteiger partial charge in [-0.1, -0.05) is 133 Å². The molecule has 0 radical (unpaired) electrons. The molecule has 0 N–H and O–H groups in total. The zero-order valence-electron chi connectivity index (χ0n) is 34.8. The molecule has 0 saturated heterocycles. The minimum atomic E-state index is -0.552. The second kappa shape index (κ2) is 8.15. The minimum absolute atomic E-state index is 0.00906. The van der Waals surface area contributed by atoms with Crippen molar-refractivity contribution in [1.29, 1.82) is 0 Å². The van der Waals surface area contributed by atoms with Gasteiger partial charge in [0.05, 0.1) is 19.2 Å². The van der Waals surface area contributed by atoms with Crippen LogP contribution in [0.1, 0.15) is 19.2 Å². The summed E-state index contributed by atoms with van der Waals surface area (Å²) in [6, 6.07) is 11.6. The van der Waals surface area contributed by atoms with Gasteiger partial charge in [0.1, 0.15) is 0 Å². The molecule has 40 heavy (non-hydrogen) atoms. The highest BCUT2D eigenvalue weighted by atomic mass is 14.2. The Labute approximate surface area is 251 Å². The van der Waals surface area contributed by atoms with Gasteiger partial charge in [-0.3, -0.25) is 0 Å². The van der Waals surface area contributed by atoms with E-state index in [2.05, 4.69) is 0 Å². The minimum Gasteiger partial charge on any atom is -0.0622 e. The van der Waals surface area contributed by atoms with Crippen molar-refractivity contribution >= 4 is 64.6 Å². The van der Waals surface area contributed by atoms with E-state index in [0.29, 0.717) is 38.1 Å². The number of rotatable bonds is 2. The molecular weight excluding hydrogens is 480 g/mol. The Morgan fingerprint density at radius 1 is 0.350 bits per heavy atom. The molecule has 9 aromatic rings. The molecule has 0 aliphatic carbocycles. The fraction of sp³-hybridized carbons (Fsp3) is 0. The molecule has 0 aromatic heterocycles. The second-order valence-electron chi connectivity index (χ2n) is 9.75. The largest absolute Gasteiger partial charge is 0.0636 e. The summed E-state index contributed by atoms with van der Waals surface area (Å²) < 4.78 is 125. The number of hydrogen-bond acceptors (Lipinski definition) is 0. The molecule has 184 valence electrons. The van der Waals surface area contributed by atoms with Gasteiger partial charge in [-0.25, -0.2) is 0 Å². The van der Waals surface area contributed by atoms with E-state index < -0.39 is 72.5 Å². The van der Waals surface area contributed by atoms with Crippen LogP contribution in [0, 0.1) is 0 Å². The molecule has 0 saturated carbocycles. The van der Waals surface area contributed by atoms with Gasteiger partial charge in [0.15, 0.2) is 0 Å². The van der Waals surface area contributed by atoms with Crippen LogP contribution in [0.5, 0.6) is 0 Å². The first kappa shape index (κ1) is 12.3. The summed E-state index contributed by atoms with van der Waals surface area (Å²) in [5.74, 6) is 0. The Morgan fingerprint density at radius 3 is 1.68 bits per heavy atom. The lowest BCUT2D eigenvalue weighted by Crippen LogP contribution is -1.93. The first-order chi connectivity index (χ1) is 25.7. The van der Waals surface area contributed by atoms with E-state index in [9.17, 15) is 5.48 Å². The lowest BCUT2D eigenvalue weighted by atomic mass is 9.83. The van der Waals surface area contributed by atoms with Crippen LogP contribution in [0.4, 0.5) is 0 Å². The van der Waals surface area contributed by atoms with Crippen molar-refractivity contribution in [3.63, 3.8) is 0 Å². The number of benzene rings is 9. The van der Waals surface area contributed by atoms with E-state index in [-0.39, 0.29) is 55.5 Å². The van der Waals surface area contributed by atoms with E-state index in [1.807, 2.05) is 30.3 Å². The Kier molecular flexibility index (Phi) is 2.51. The molecule has 0 aliphatic heterocycles. The molecular formula is C40H24. The van der Waals surface area contributed by atoms with Gasteiger partial charge >= 0.3 is 0 Å². The first-order valence-corrected chi connectivity index (χ1v) is 12.8. The highest BCUT2D eigenvalue weighted by Gasteiger charge is 2.19. The van der Waals surface area contributed by atoms with Crippen LogP contribution in [0.3, 0.4) is 0 Å². The maximum Gasteiger partial charge on any atom is 0.0636 e. The van der Waals surface area contributed by atoms with E-state index in [1.54, 1.807) is 30.3 Å². The summed E-state index contributed by atoms with van der Waals surface area (Å²) in [5, 5.41) is 2.84. The summed E-state index contributed by atoms with van der Waals surface area (Å²) in [7, 11) is 0. The van der Waals surface area contributed by atoms with Crippen LogP contribution in [-0.4, -0.2) is 0 Å². The summed E-state index contributed by atoms with van der Waals surface area (Å²) in [6.07, 6.45) is 0. The van der Waals surface area contributed by atoms with Gasteiger partial charge in [-0.2, -0.15) is 0 Å². The third kappa shape index (κ3) is 2.96. The SMILES string of the molecule is [2H]c1c([2H])c([2H])c(-c2c3ccccc3c(-c3c([2H])c4c([2H])c([2H])c5c([2H])c([2H])c([2H])c6c([2H])c([2H])c(c3[2H])c4c56)c3c2ccc2ccccc23)c([2H])c1[2H]. The summed E-state index contributed by atoms with van der Waals surface area (Å²) in [5.41, 5.74) is 0.665. The van der Waals surface area contributed by atoms with Crippen molar-refractivity contribution in [3.05, 3.63) is 145 Å². The molecule has 9 rings (SSSR count). The highest BCUT2D eigenvalue weighted by Crippen LogP contribution is 2.47. The van der Waals surface area contributed by atoms with E-state index in [4.69, 9.17) is 13.7 Å². The van der Waals surface area contributed by atoms with E-state index in [0.717, 1.165) is 5.39 Å². The molecule has 0 aliphatic rings. The van der Waals surface area contributed by atoms with Crippen LogP contribution in [0.15, 0.2) is 145 Å². The van der Waals surface area contributed by atoms with Gasteiger partial charge < -0.3 is 0 Å². The quantitative estimate of drug-likeness (QED) is 0.158. The number of fused-ring (bicyclic) bond motifs is 4. The van der Waals surface area contributed by atoms with E-state index >= 15 is 0 Å². The maximum atomic E-state index is 9.80. The van der Waals surface area contributed by atoms with Gasteiger partial charge in [-0.05, 0) is 99.0 Å². The average molecular weight is 519 g/mol. The maximum absolute atomic E-state index is 9.80. The van der Waals surface area contributed by atoms with Crippen molar-refractivity contribution < 1.29 is 19.2 Å². The van der Waals surface area contributed by atoms with Crippen molar-refractivity contribution in [2.75, 3.05) is 0 Å². The predicted octanol–water partition coefficient (Wildman–Crippen LogP) is 11.4. The standard InChI is InChI=1S/C40H24/c1-2-10-26(11-3-1)38-33-15-6-7-16-34(33)39(40-32-14-5-4-9-25(32)21-22-35(38)40)31-23-29-19-17-27-12-8-13-28-18-20-30(24-31)37(29)36(27)28/h1-24H/i1D,2D,3D,8D,10D,11D,12D,13D,17D,18D,19D,20D,23D,24D. The lowest BCUT2D eigenvalue weighted by Gasteiger charge is -2.20. The third-order valence-corrected chi connectivity index (χ3v) is 7.66. The van der Waals surface area contributed by atoms with Crippen molar-refractivity contribution in [2.45, 2.75) is 0 Å². The normalized spacial score (nSPS) is 16.9. The molecule has 0 fully saturated rings. The molecule has 0 amide bonds. The van der Waals surface area contributed by atoms with Gasteiger partial charge in [0.2, 0.25) is 0 Å². The second-order valence-corrected chi connectivity index (χ2v) is 9.75. The zero-order chi connectivity index (χ0) is 38.4. The third-order valence-electron chi connectivity index (χ3n) is 7.66. The highest BCUT2D eigenvalue weighted by molar-refractivity contribution is 6.29.